The number of halogens is 1. The van der Waals surface area contributed by atoms with Crippen molar-refractivity contribution >= 4 is 23.0 Å². The molecule has 0 aliphatic heterocycles. The first-order valence-corrected chi connectivity index (χ1v) is 5.17. The molecule has 82 valence electrons. The molecule has 4 nitrogen and oxygen atoms in total. The van der Waals surface area contributed by atoms with Crippen LogP contribution in [-0.2, 0) is 6.54 Å². The highest BCUT2D eigenvalue weighted by Gasteiger charge is 1.99. The number of hydrogen-bond donors (Lipinski definition) is 2. The summed E-state index contributed by atoms with van der Waals surface area (Å²) in [6.07, 6.45) is 3.22. The Kier molecular flexibility index (Phi) is 3.22. The molecule has 1 aromatic heterocycles. The van der Waals surface area contributed by atoms with Crippen LogP contribution in [0.4, 0.5) is 11.4 Å². The Hall–Kier alpha value is -1.81. The molecule has 0 amide bonds. The molecule has 0 unspecified atom stereocenters. The standard InChI is InChI=1S/C11H11ClN4/c12-8-1-2-11(10(13)5-8)15-6-9-3-4-14-7-16-9/h1-5,7,15H,6,13H2. The minimum Gasteiger partial charge on any atom is -0.397 e. The molecule has 0 atom stereocenters. The van der Waals surface area contributed by atoms with Crippen LogP contribution in [0.25, 0.3) is 0 Å². The highest BCUT2D eigenvalue weighted by molar-refractivity contribution is 6.31. The Labute approximate surface area is 98.5 Å². The van der Waals surface area contributed by atoms with Gasteiger partial charge in [-0.1, -0.05) is 11.6 Å². The lowest BCUT2D eigenvalue weighted by molar-refractivity contribution is 1.01. The summed E-state index contributed by atoms with van der Waals surface area (Å²) in [6, 6.07) is 7.20. The second-order valence-electron chi connectivity index (χ2n) is 3.29. The van der Waals surface area contributed by atoms with E-state index in [1.807, 2.05) is 12.1 Å². The molecule has 3 N–H and O–H groups in total. The van der Waals surface area contributed by atoms with E-state index >= 15 is 0 Å². The Morgan fingerprint density at radius 3 is 2.88 bits per heavy atom. The van der Waals surface area contributed by atoms with Gasteiger partial charge in [0.2, 0.25) is 0 Å². The summed E-state index contributed by atoms with van der Waals surface area (Å²) >= 11 is 5.81. The predicted molar refractivity (Wildman–Crippen MR) is 65.2 cm³/mol. The molecule has 2 aromatic rings. The van der Waals surface area contributed by atoms with E-state index in [4.69, 9.17) is 17.3 Å². The molecule has 0 spiro atoms. The van der Waals surface area contributed by atoms with Gasteiger partial charge < -0.3 is 11.1 Å². The number of benzene rings is 1. The predicted octanol–water partition coefficient (Wildman–Crippen LogP) is 2.32. The Balaban J connectivity index is 2.05. The maximum Gasteiger partial charge on any atom is 0.115 e. The highest BCUT2D eigenvalue weighted by atomic mass is 35.5. The van der Waals surface area contributed by atoms with Crippen molar-refractivity contribution in [1.29, 1.82) is 0 Å². The number of rotatable bonds is 3. The molecular weight excluding hydrogens is 224 g/mol. The lowest BCUT2D eigenvalue weighted by Crippen LogP contribution is -2.03. The Bertz CT molecular complexity index is 473. The number of aromatic nitrogens is 2. The van der Waals surface area contributed by atoms with Gasteiger partial charge in [0.15, 0.2) is 0 Å². The smallest absolute Gasteiger partial charge is 0.115 e. The number of anilines is 2. The topological polar surface area (TPSA) is 63.8 Å². The summed E-state index contributed by atoms with van der Waals surface area (Å²) in [4.78, 5) is 7.95. The van der Waals surface area contributed by atoms with Crippen molar-refractivity contribution in [3.63, 3.8) is 0 Å². The van der Waals surface area contributed by atoms with Gasteiger partial charge in [0, 0.05) is 11.2 Å². The third kappa shape index (κ3) is 2.61. The summed E-state index contributed by atoms with van der Waals surface area (Å²) in [7, 11) is 0. The summed E-state index contributed by atoms with van der Waals surface area (Å²) in [6.45, 7) is 0.606. The van der Waals surface area contributed by atoms with E-state index in [2.05, 4.69) is 15.3 Å². The average molecular weight is 235 g/mol. The lowest BCUT2D eigenvalue weighted by Gasteiger charge is -2.08. The van der Waals surface area contributed by atoms with Gasteiger partial charge in [0.1, 0.15) is 6.33 Å². The van der Waals surface area contributed by atoms with Crippen molar-refractivity contribution in [2.24, 2.45) is 0 Å². The fraction of sp³-hybridized carbons (Fsp3) is 0.0909. The van der Waals surface area contributed by atoms with Gasteiger partial charge in [0.25, 0.3) is 0 Å². The molecule has 0 fully saturated rings. The van der Waals surface area contributed by atoms with Gasteiger partial charge in [-0.15, -0.1) is 0 Å². The molecule has 1 aromatic carbocycles. The zero-order valence-corrected chi connectivity index (χ0v) is 9.28. The van der Waals surface area contributed by atoms with Crippen LogP contribution < -0.4 is 11.1 Å². The van der Waals surface area contributed by atoms with E-state index in [1.54, 1.807) is 18.3 Å². The molecule has 2 rings (SSSR count). The van der Waals surface area contributed by atoms with Crippen LogP contribution in [0.5, 0.6) is 0 Å². The molecule has 0 radical (unpaired) electrons. The lowest BCUT2D eigenvalue weighted by atomic mass is 10.2. The minimum absolute atomic E-state index is 0.606. The van der Waals surface area contributed by atoms with Crippen LogP contribution in [0, 0.1) is 0 Å². The number of nitrogen functional groups attached to an aromatic ring is 1. The molecule has 5 heteroatoms. The maximum atomic E-state index is 5.81. The number of nitrogens with zero attached hydrogens (tertiary/aromatic N) is 2. The maximum absolute atomic E-state index is 5.81. The molecule has 0 saturated heterocycles. The average Bonchev–Trinajstić information content (AvgIpc) is 2.29. The Morgan fingerprint density at radius 2 is 2.19 bits per heavy atom. The van der Waals surface area contributed by atoms with Gasteiger partial charge >= 0.3 is 0 Å². The summed E-state index contributed by atoms with van der Waals surface area (Å²) in [5.41, 5.74) is 8.19. The van der Waals surface area contributed by atoms with Crippen LogP contribution in [0.2, 0.25) is 5.02 Å². The second-order valence-corrected chi connectivity index (χ2v) is 3.72. The van der Waals surface area contributed by atoms with E-state index in [1.165, 1.54) is 6.33 Å². The van der Waals surface area contributed by atoms with Crippen molar-refractivity contribution in [3.05, 3.63) is 47.5 Å². The van der Waals surface area contributed by atoms with E-state index in [0.29, 0.717) is 17.3 Å². The van der Waals surface area contributed by atoms with E-state index in [0.717, 1.165) is 11.4 Å². The van der Waals surface area contributed by atoms with Gasteiger partial charge in [0.05, 0.1) is 23.6 Å². The largest absolute Gasteiger partial charge is 0.397 e. The molecule has 0 saturated carbocycles. The molecule has 0 aliphatic carbocycles. The quantitative estimate of drug-likeness (QED) is 0.800. The van der Waals surface area contributed by atoms with Crippen LogP contribution in [0.1, 0.15) is 5.69 Å². The van der Waals surface area contributed by atoms with E-state index in [9.17, 15) is 0 Å². The number of nitrogens with one attached hydrogen (secondary N) is 1. The summed E-state index contributed by atoms with van der Waals surface area (Å²) in [5.74, 6) is 0. The van der Waals surface area contributed by atoms with E-state index in [-0.39, 0.29) is 0 Å². The normalized spacial score (nSPS) is 10.1. The third-order valence-electron chi connectivity index (χ3n) is 2.12. The first-order chi connectivity index (χ1) is 7.75. The zero-order chi connectivity index (χ0) is 11.4. The first kappa shape index (κ1) is 10.7. The molecular formula is C11H11ClN4. The van der Waals surface area contributed by atoms with Crippen molar-refractivity contribution in [3.8, 4) is 0 Å². The van der Waals surface area contributed by atoms with Gasteiger partial charge in [-0.2, -0.15) is 0 Å². The van der Waals surface area contributed by atoms with Crippen molar-refractivity contribution in [2.75, 3.05) is 11.1 Å². The fourth-order valence-electron chi connectivity index (χ4n) is 1.30. The van der Waals surface area contributed by atoms with Crippen molar-refractivity contribution in [1.82, 2.24) is 9.97 Å². The van der Waals surface area contributed by atoms with Gasteiger partial charge in [-0.3, -0.25) is 0 Å². The fourth-order valence-corrected chi connectivity index (χ4v) is 1.48. The van der Waals surface area contributed by atoms with Crippen LogP contribution in [-0.4, -0.2) is 9.97 Å². The molecule has 0 bridgehead atoms. The van der Waals surface area contributed by atoms with Crippen molar-refractivity contribution < 1.29 is 0 Å². The Morgan fingerprint density at radius 1 is 1.31 bits per heavy atom. The van der Waals surface area contributed by atoms with Crippen LogP contribution in [0.3, 0.4) is 0 Å². The number of hydrogen-bond acceptors (Lipinski definition) is 4. The molecule has 16 heavy (non-hydrogen) atoms. The number of nitrogens with two attached hydrogens (primary N) is 1. The van der Waals surface area contributed by atoms with Crippen molar-refractivity contribution in [2.45, 2.75) is 6.54 Å². The summed E-state index contributed by atoms with van der Waals surface area (Å²) < 4.78 is 0. The minimum atomic E-state index is 0.606. The zero-order valence-electron chi connectivity index (χ0n) is 8.52. The van der Waals surface area contributed by atoms with E-state index < -0.39 is 0 Å². The highest BCUT2D eigenvalue weighted by Crippen LogP contribution is 2.22. The van der Waals surface area contributed by atoms with Gasteiger partial charge in [-0.05, 0) is 24.3 Å². The molecule has 0 aliphatic rings. The SMILES string of the molecule is Nc1cc(Cl)ccc1NCc1ccncn1. The second kappa shape index (κ2) is 4.81. The first-order valence-electron chi connectivity index (χ1n) is 4.79. The summed E-state index contributed by atoms with van der Waals surface area (Å²) in [5, 5.41) is 3.81. The molecule has 1 heterocycles. The third-order valence-corrected chi connectivity index (χ3v) is 2.35. The van der Waals surface area contributed by atoms with Gasteiger partial charge in [-0.25, -0.2) is 9.97 Å². The van der Waals surface area contributed by atoms with Crippen LogP contribution >= 0.6 is 11.6 Å². The monoisotopic (exact) mass is 234 g/mol. The van der Waals surface area contributed by atoms with Crippen LogP contribution in [0.15, 0.2) is 36.8 Å².